The van der Waals surface area contributed by atoms with Gasteiger partial charge >= 0.3 is 0 Å². The Labute approximate surface area is 123 Å². The molecule has 1 heterocycles. The van der Waals surface area contributed by atoms with Crippen LogP contribution < -0.4 is 5.32 Å². The van der Waals surface area contributed by atoms with Crippen molar-refractivity contribution in [1.82, 2.24) is 5.32 Å². The molecule has 0 aliphatic heterocycles. The second-order valence-electron chi connectivity index (χ2n) is 5.59. The van der Waals surface area contributed by atoms with Gasteiger partial charge in [-0.05, 0) is 31.2 Å². The highest BCUT2D eigenvalue weighted by atomic mass is 32.1. The molecule has 0 aliphatic rings. The fourth-order valence-electron chi connectivity index (χ4n) is 2.57. The molecular formula is C17H31NS. The summed E-state index contributed by atoms with van der Waals surface area (Å²) in [6.45, 7) is 6.88. The van der Waals surface area contributed by atoms with E-state index in [1.165, 1.54) is 56.2 Å². The van der Waals surface area contributed by atoms with Crippen molar-refractivity contribution >= 4 is 11.3 Å². The average molecular weight is 282 g/mol. The molecule has 19 heavy (non-hydrogen) atoms. The molecule has 0 amide bonds. The fraction of sp³-hybridized carbons (Fsp3) is 0.765. The Bertz CT molecular complexity index is 284. The molecule has 1 nitrogen and oxygen atoms in total. The molecule has 0 saturated heterocycles. The first kappa shape index (κ1) is 16.7. The molecule has 0 fully saturated rings. The third-order valence-corrected chi connectivity index (χ3v) is 4.82. The van der Waals surface area contributed by atoms with Crippen LogP contribution in [-0.4, -0.2) is 6.04 Å². The lowest BCUT2D eigenvalue weighted by molar-refractivity contribution is 0.386. The van der Waals surface area contributed by atoms with Crippen LogP contribution in [0.5, 0.6) is 0 Å². The molecule has 110 valence electrons. The second-order valence-corrected chi connectivity index (χ2v) is 6.57. The highest BCUT2D eigenvalue weighted by Crippen LogP contribution is 2.21. The van der Waals surface area contributed by atoms with Crippen LogP contribution in [0, 0.1) is 0 Å². The van der Waals surface area contributed by atoms with Gasteiger partial charge < -0.3 is 5.32 Å². The number of unbranched alkanes of at least 4 members (excludes halogenated alkanes) is 4. The summed E-state index contributed by atoms with van der Waals surface area (Å²) in [7, 11) is 0. The molecule has 1 aromatic heterocycles. The minimum atomic E-state index is 0.508. The van der Waals surface area contributed by atoms with E-state index in [1.54, 1.807) is 0 Å². The summed E-state index contributed by atoms with van der Waals surface area (Å²) in [6, 6.07) is 5.61. The molecule has 1 atom stereocenters. The Balaban J connectivity index is 2.37. The lowest BCUT2D eigenvalue weighted by Crippen LogP contribution is -2.31. The van der Waals surface area contributed by atoms with Gasteiger partial charge in [0.05, 0.1) is 0 Å². The zero-order chi connectivity index (χ0) is 13.9. The molecule has 0 aliphatic carbocycles. The SMILES string of the molecule is CCCCCC(CCCCC)N[C@@H](C)c1cccs1. The molecule has 0 radical (unpaired) electrons. The van der Waals surface area contributed by atoms with Crippen molar-refractivity contribution in [2.45, 2.75) is 84.2 Å². The number of rotatable bonds is 11. The van der Waals surface area contributed by atoms with Crippen molar-refractivity contribution in [1.29, 1.82) is 0 Å². The first-order valence-electron chi connectivity index (χ1n) is 8.07. The monoisotopic (exact) mass is 281 g/mol. The van der Waals surface area contributed by atoms with E-state index >= 15 is 0 Å². The van der Waals surface area contributed by atoms with E-state index < -0.39 is 0 Å². The normalized spacial score (nSPS) is 13.1. The van der Waals surface area contributed by atoms with Crippen LogP contribution in [0.4, 0.5) is 0 Å². The van der Waals surface area contributed by atoms with E-state index in [-0.39, 0.29) is 0 Å². The predicted octanol–water partition coefficient (Wildman–Crippen LogP) is 5.93. The highest BCUT2D eigenvalue weighted by Gasteiger charge is 2.13. The maximum Gasteiger partial charge on any atom is 0.0388 e. The summed E-state index contributed by atoms with van der Waals surface area (Å²) in [5.74, 6) is 0. The minimum Gasteiger partial charge on any atom is -0.307 e. The number of hydrogen-bond donors (Lipinski definition) is 1. The maximum atomic E-state index is 3.85. The summed E-state index contributed by atoms with van der Waals surface area (Å²) in [6.07, 6.45) is 10.8. The van der Waals surface area contributed by atoms with Gasteiger partial charge in [-0.25, -0.2) is 0 Å². The van der Waals surface area contributed by atoms with Gasteiger partial charge in [0.2, 0.25) is 0 Å². The summed E-state index contributed by atoms with van der Waals surface area (Å²) >= 11 is 1.87. The standard InChI is InChI=1S/C17H31NS/c1-4-6-8-11-16(12-9-7-5-2)18-15(3)17-13-10-14-19-17/h10,13-16,18H,4-9,11-12H2,1-3H3/t15-/m0/s1. The van der Waals surface area contributed by atoms with Gasteiger partial charge in [-0.3, -0.25) is 0 Å². The number of nitrogens with one attached hydrogen (secondary N) is 1. The predicted molar refractivity (Wildman–Crippen MR) is 87.9 cm³/mol. The molecule has 0 spiro atoms. The van der Waals surface area contributed by atoms with E-state index in [2.05, 4.69) is 43.6 Å². The van der Waals surface area contributed by atoms with E-state index in [0.717, 1.165) is 0 Å². The molecule has 2 heteroatoms. The molecule has 1 aromatic rings. The van der Waals surface area contributed by atoms with Crippen LogP contribution >= 0.6 is 11.3 Å². The maximum absolute atomic E-state index is 3.85. The van der Waals surface area contributed by atoms with Crippen LogP contribution in [-0.2, 0) is 0 Å². The molecule has 0 saturated carbocycles. The van der Waals surface area contributed by atoms with Gasteiger partial charge in [0, 0.05) is 17.0 Å². The Morgan fingerprint density at radius 1 is 1.05 bits per heavy atom. The molecule has 0 aromatic carbocycles. The van der Waals surface area contributed by atoms with Crippen molar-refractivity contribution in [3.8, 4) is 0 Å². The van der Waals surface area contributed by atoms with Crippen LogP contribution in [0.1, 0.15) is 83.1 Å². The lowest BCUT2D eigenvalue weighted by atomic mass is 10.0. The summed E-state index contributed by atoms with van der Waals surface area (Å²) in [4.78, 5) is 1.47. The minimum absolute atomic E-state index is 0.508. The van der Waals surface area contributed by atoms with Gasteiger partial charge in [-0.15, -0.1) is 11.3 Å². The summed E-state index contributed by atoms with van der Waals surface area (Å²) in [5.41, 5.74) is 0. The van der Waals surface area contributed by atoms with Crippen molar-refractivity contribution in [2.75, 3.05) is 0 Å². The molecular weight excluding hydrogens is 250 g/mol. The second kappa shape index (κ2) is 10.4. The van der Waals surface area contributed by atoms with Crippen molar-refractivity contribution in [2.24, 2.45) is 0 Å². The van der Waals surface area contributed by atoms with Crippen molar-refractivity contribution in [3.05, 3.63) is 22.4 Å². The number of thiophene rings is 1. The summed E-state index contributed by atoms with van der Waals surface area (Å²) < 4.78 is 0. The van der Waals surface area contributed by atoms with Crippen LogP contribution in [0.3, 0.4) is 0 Å². The molecule has 0 bridgehead atoms. The molecule has 1 N–H and O–H groups in total. The largest absolute Gasteiger partial charge is 0.307 e. The van der Waals surface area contributed by atoms with Gasteiger partial charge in [-0.1, -0.05) is 58.4 Å². The Kier molecular flexibility index (Phi) is 9.19. The molecule has 0 unspecified atom stereocenters. The third-order valence-electron chi connectivity index (χ3n) is 3.77. The Morgan fingerprint density at radius 2 is 1.68 bits per heavy atom. The van der Waals surface area contributed by atoms with Crippen LogP contribution in [0.15, 0.2) is 17.5 Å². The van der Waals surface area contributed by atoms with Gasteiger partial charge in [0.15, 0.2) is 0 Å². The van der Waals surface area contributed by atoms with Gasteiger partial charge in [-0.2, -0.15) is 0 Å². The van der Waals surface area contributed by atoms with E-state index in [1.807, 2.05) is 11.3 Å². The van der Waals surface area contributed by atoms with E-state index in [0.29, 0.717) is 12.1 Å². The van der Waals surface area contributed by atoms with E-state index in [9.17, 15) is 0 Å². The smallest absolute Gasteiger partial charge is 0.0388 e. The van der Waals surface area contributed by atoms with Gasteiger partial charge in [0.1, 0.15) is 0 Å². The third kappa shape index (κ3) is 7.12. The zero-order valence-electron chi connectivity index (χ0n) is 13.0. The summed E-state index contributed by atoms with van der Waals surface area (Å²) in [5, 5.41) is 6.02. The fourth-order valence-corrected chi connectivity index (χ4v) is 3.31. The lowest BCUT2D eigenvalue weighted by Gasteiger charge is -2.23. The average Bonchev–Trinajstić information content (AvgIpc) is 2.93. The van der Waals surface area contributed by atoms with Crippen molar-refractivity contribution < 1.29 is 0 Å². The van der Waals surface area contributed by atoms with Crippen LogP contribution in [0.25, 0.3) is 0 Å². The molecule has 1 rings (SSSR count). The van der Waals surface area contributed by atoms with Crippen LogP contribution in [0.2, 0.25) is 0 Å². The van der Waals surface area contributed by atoms with E-state index in [4.69, 9.17) is 0 Å². The highest BCUT2D eigenvalue weighted by molar-refractivity contribution is 7.10. The van der Waals surface area contributed by atoms with Gasteiger partial charge in [0.25, 0.3) is 0 Å². The first-order chi connectivity index (χ1) is 9.27. The zero-order valence-corrected chi connectivity index (χ0v) is 13.8. The Morgan fingerprint density at radius 3 is 2.16 bits per heavy atom. The topological polar surface area (TPSA) is 12.0 Å². The first-order valence-corrected chi connectivity index (χ1v) is 8.95. The van der Waals surface area contributed by atoms with Crippen molar-refractivity contribution in [3.63, 3.8) is 0 Å². The quantitative estimate of drug-likeness (QED) is 0.496. The Hall–Kier alpha value is -0.340. The number of hydrogen-bond acceptors (Lipinski definition) is 2.